The zero-order valence-electron chi connectivity index (χ0n) is 16.4. The fraction of sp³-hybridized carbons (Fsp3) is 0.136. The molecule has 0 fully saturated rings. The standard InChI is InChI=1S/C22H19N3O2S3/c1-13-5-6-15(10-14(13)2)23-20(26)12-29-22-25-17-8-7-16(11-19(17)30-22)24-21(27)18-4-3-9-28-18/h3-11H,12H2,1-2H3,(H,23,26)(H,24,27). The van der Waals surface area contributed by atoms with Crippen LogP contribution in [0, 0.1) is 13.8 Å². The molecular formula is C22H19N3O2S3. The summed E-state index contributed by atoms with van der Waals surface area (Å²) in [6, 6.07) is 15.2. The number of carbonyl (C=O) groups excluding carboxylic acids is 2. The van der Waals surface area contributed by atoms with Crippen molar-refractivity contribution in [3.05, 3.63) is 69.9 Å². The second-order valence-electron chi connectivity index (χ2n) is 6.73. The number of aromatic nitrogens is 1. The van der Waals surface area contributed by atoms with Crippen molar-refractivity contribution in [3.8, 4) is 0 Å². The van der Waals surface area contributed by atoms with Crippen LogP contribution in [0.4, 0.5) is 11.4 Å². The molecule has 2 aromatic carbocycles. The van der Waals surface area contributed by atoms with Crippen molar-refractivity contribution in [1.82, 2.24) is 4.98 Å². The van der Waals surface area contributed by atoms with Crippen LogP contribution in [0.5, 0.6) is 0 Å². The number of fused-ring (bicyclic) bond motifs is 1. The van der Waals surface area contributed by atoms with E-state index >= 15 is 0 Å². The summed E-state index contributed by atoms with van der Waals surface area (Å²) >= 11 is 4.33. The van der Waals surface area contributed by atoms with Gasteiger partial charge in [0.05, 0.1) is 20.8 Å². The quantitative estimate of drug-likeness (QED) is 0.354. The number of aryl methyl sites for hydroxylation is 2. The molecule has 0 aliphatic carbocycles. The largest absolute Gasteiger partial charge is 0.325 e. The molecule has 30 heavy (non-hydrogen) atoms. The zero-order chi connectivity index (χ0) is 21.1. The van der Waals surface area contributed by atoms with E-state index in [4.69, 9.17) is 0 Å². The van der Waals surface area contributed by atoms with Crippen molar-refractivity contribution in [2.45, 2.75) is 18.2 Å². The number of nitrogens with zero attached hydrogens (tertiary/aromatic N) is 1. The Morgan fingerprint density at radius 1 is 1.00 bits per heavy atom. The van der Waals surface area contributed by atoms with E-state index in [-0.39, 0.29) is 17.6 Å². The lowest BCUT2D eigenvalue weighted by molar-refractivity contribution is -0.113. The fourth-order valence-corrected chi connectivity index (χ4v) is 5.31. The van der Waals surface area contributed by atoms with Gasteiger partial charge in [0.2, 0.25) is 5.91 Å². The predicted octanol–water partition coefficient (Wildman–Crippen LogP) is 5.96. The lowest BCUT2D eigenvalue weighted by atomic mass is 10.1. The monoisotopic (exact) mass is 453 g/mol. The molecule has 4 aromatic rings. The zero-order valence-corrected chi connectivity index (χ0v) is 18.8. The van der Waals surface area contributed by atoms with Gasteiger partial charge in [-0.3, -0.25) is 9.59 Å². The SMILES string of the molecule is Cc1ccc(NC(=O)CSc2nc3ccc(NC(=O)c4cccs4)cc3s2)cc1C. The second-order valence-corrected chi connectivity index (χ2v) is 9.93. The van der Waals surface area contributed by atoms with Gasteiger partial charge in [0.15, 0.2) is 4.34 Å². The summed E-state index contributed by atoms with van der Waals surface area (Å²) in [6.45, 7) is 4.07. The first kappa shape index (κ1) is 20.6. The number of benzene rings is 2. The number of thiophene rings is 1. The van der Waals surface area contributed by atoms with Crippen LogP contribution in [0.15, 0.2) is 58.3 Å². The Morgan fingerprint density at radius 3 is 2.57 bits per heavy atom. The number of anilines is 2. The van der Waals surface area contributed by atoms with E-state index < -0.39 is 0 Å². The van der Waals surface area contributed by atoms with Gasteiger partial charge in [-0.15, -0.1) is 22.7 Å². The van der Waals surface area contributed by atoms with E-state index in [0.717, 1.165) is 31.5 Å². The van der Waals surface area contributed by atoms with Crippen LogP contribution in [0.1, 0.15) is 20.8 Å². The molecule has 152 valence electrons. The normalized spacial score (nSPS) is 10.9. The molecule has 2 aromatic heterocycles. The molecule has 0 bridgehead atoms. The summed E-state index contributed by atoms with van der Waals surface area (Å²) in [6.07, 6.45) is 0. The second kappa shape index (κ2) is 8.99. The molecule has 0 atom stereocenters. The topological polar surface area (TPSA) is 71.1 Å². The van der Waals surface area contributed by atoms with Crippen LogP contribution in [0.2, 0.25) is 0 Å². The Balaban J connectivity index is 1.38. The number of rotatable bonds is 6. The Kier molecular flexibility index (Phi) is 6.17. The van der Waals surface area contributed by atoms with Crippen molar-refractivity contribution in [3.63, 3.8) is 0 Å². The van der Waals surface area contributed by atoms with E-state index in [1.807, 2.05) is 61.7 Å². The molecule has 2 amide bonds. The highest BCUT2D eigenvalue weighted by Crippen LogP contribution is 2.31. The molecule has 0 aliphatic heterocycles. The smallest absolute Gasteiger partial charge is 0.265 e. The maximum Gasteiger partial charge on any atom is 0.265 e. The maximum absolute atomic E-state index is 12.3. The summed E-state index contributed by atoms with van der Waals surface area (Å²) in [5.41, 5.74) is 4.73. The fourth-order valence-electron chi connectivity index (χ4n) is 2.79. The Bertz CT molecular complexity index is 1220. The van der Waals surface area contributed by atoms with Gasteiger partial charge in [-0.2, -0.15) is 0 Å². The van der Waals surface area contributed by atoms with E-state index in [1.165, 1.54) is 40.0 Å². The van der Waals surface area contributed by atoms with Crippen molar-refractivity contribution in [1.29, 1.82) is 0 Å². The van der Waals surface area contributed by atoms with Gasteiger partial charge in [-0.1, -0.05) is 23.9 Å². The van der Waals surface area contributed by atoms with E-state index in [2.05, 4.69) is 15.6 Å². The number of amides is 2. The first-order valence-corrected chi connectivity index (χ1v) is 11.9. The van der Waals surface area contributed by atoms with Crippen LogP contribution in [-0.4, -0.2) is 22.6 Å². The highest BCUT2D eigenvalue weighted by Gasteiger charge is 2.11. The number of thiazole rings is 1. The van der Waals surface area contributed by atoms with E-state index in [9.17, 15) is 9.59 Å². The molecule has 0 unspecified atom stereocenters. The third kappa shape index (κ3) is 4.89. The lowest BCUT2D eigenvalue weighted by Crippen LogP contribution is -2.14. The van der Waals surface area contributed by atoms with Crippen LogP contribution in [0.3, 0.4) is 0 Å². The summed E-state index contributed by atoms with van der Waals surface area (Å²) in [7, 11) is 0. The molecule has 0 aliphatic rings. The number of hydrogen-bond acceptors (Lipinski definition) is 6. The molecule has 0 saturated heterocycles. The van der Waals surface area contributed by atoms with Crippen LogP contribution >= 0.6 is 34.4 Å². The third-order valence-electron chi connectivity index (χ3n) is 4.49. The van der Waals surface area contributed by atoms with Gasteiger partial charge >= 0.3 is 0 Å². The number of thioether (sulfide) groups is 1. The first-order valence-electron chi connectivity index (χ1n) is 9.23. The Morgan fingerprint density at radius 2 is 1.80 bits per heavy atom. The van der Waals surface area contributed by atoms with Crippen LogP contribution in [-0.2, 0) is 4.79 Å². The Hall–Kier alpha value is -2.68. The number of carbonyl (C=O) groups is 2. The van der Waals surface area contributed by atoms with Crippen molar-refractivity contribution < 1.29 is 9.59 Å². The average Bonchev–Trinajstić information content (AvgIpc) is 3.38. The summed E-state index contributed by atoms with van der Waals surface area (Å²) in [4.78, 5) is 29.8. The molecule has 4 rings (SSSR count). The van der Waals surface area contributed by atoms with Crippen molar-refractivity contribution in [2.75, 3.05) is 16.4 Å². The highest BCUT2D eigenvalue weighted by atomic mass is 32.2. The van der Waals surface area contributed by atoms with Gasteiger partial charge in [0, 0.05) is 11.4 Å². The minimum Gasteiger partial charge on any atom is -0.325 e. The predicted molar refractivity (Wildman–Crippen MR) is 127 cm³/mol. The minimum atomic E-state index is -0.119. The molecule has 0 radical (unpaired) electrons. The first-order chi connectivity index (χ1) is 14.5. The van der Waals surface area contributed by atoms with Crippen LogP contribution < -0.4 is 10.6 Å². The number of nitrogens with one attached hydrogen (secondary N) is 2. The molecule has 0 spiro atoms. The molecular weight excluding hydrogens is 434 g/mol. The van der Waals surface area contributed by atoms with Gasteiger partial charge in [-0.05, 0) is 66.8 Å². The number of hydrogen-bond donors (Lipinski definition) is 2. The molecule has 0 saturated carbocycles. The van der Waals surface area contributed by atoms with Gasteiger partial charge in [-0.25, -0.2) is 4.98 Å². The third-order valence-corrected chi connectivity index (χ3v) is 7.52. The molecule has 2 N–H and O–H groups in total. The van der Waals surface area contributed by atoms with Crippen molar-refractivity contribution in [2.24, 2.45) is 0 Å². The van der Waals surface area contributed by atoms with Gasteiger partial charge in [0.1, 0.15) is 0 Å². The summed E-state index contributed by atoms with van der Waals surface area (Å²) < 4.78 is 1.79. The Labute approximate surface area is 186 Å². The lowest BCUT2D eigenvalue weighted by Gasteiger charge is -2.06. The molecule has 2 heterocycles. The van der Waals surface area contributed by atoms with E-state index in [1.54, 1.807) is 6.07 Å². The molecule has 5 nitrogen and oxygen atoms in total. The average molecular weight is 454 g/mol. The summed E-state index contributed by atoms with van der Waals surface area (Å²) in [5, 5.41) is 7.72. The van der Waals surface area contributed by atoms with E-state index in [0.29, 0.717) is 4.88 Å². The van der Waals surface area contributed by atoms with Gasteiger partial charge in [0.25, 0.3) is 5.91 Å². The maximum atomic E-state index is 12.3. The minimum absolute atomic E-state index is 0.0635. The van der Waals surface area contributed by atoms with Crippen LogP contribution in [0.25, 0.3) is 10.2 Å². The summed E-state index contributed by atoms with van der Waals surface area (Å²) in [5.74, 6) is 0.104. The highest BCUT2D eigenvalue weighted by molar-refractivity contribution is 8.01. The van der Waals surface area contributed by atoms with Crippen molar-refractivity contribution >= 4 is 67.8 Å². The van der Waals surface area contributed by atoms with Gasteiger partial charge < -0.3 is 10.6 Å². The molecule has 8 heteroatoms.